The molecule has 1 aliphatic heterocycles. The van der Waals surface area contributed by atoms with Crippen LogP contribution in [0, 0.1) is 0 Å². The van der Waals surface area contributed by atoms with Crippen molar-refractivity contribution in [3.63, 3.8) is 0 Å². The summed E-state index contributed by atoms with van der Waals surface area (Å²) >= 11 is 1.81. The molecular formula is C16H17N3O2S. The molecule has 3 rings (SSSR count). The molecule has 1 unspecified atom stereocenters. The van der Waals surface area contributed by atoms with Crippen LogP contribution in [0.1, 0.15) is 23.8 Å². The van der Waals surface area contributed by atoms with Gasteiger partial charge in [0, 0.05) is 22.8 Å². The number of hydrogen-bond donors (Lipinski definition) is 0. The molecule has 114 valence electrons. The van der Waals surface area contributed by atoms with Crippen LogP contribution in [0.2, 0.25) is 0 Å². The van der Waals surface area contributed by atoms with E-state index in [1.807, 2.05) is 18.2 Å². The third kappa shape index (κ3) is 2.92. The summed E-state index contributed by atoms with van der Waals surface area (Å²) < 4.78 is 4.98. The molecule has 2 heterocycles. The number of rotatable bonds is 2. The molecule has 0 radical (unpaired) electrons. The highest BCUT2D eigenvalue weighted by Crippen LogP contribution is 2.37. The minimum atomic E-state index is -0.127. The SMILES string of the molecule is COc1ccc(C(=O)N2CCC(C)Sc3ccccc32)nn1. The number of carbonyl (C=O) groups excluding carboxylic acids is 1. The van der Waals surface area contributed by atoms with Crippen LogP contribution in [0.25, 0.3) is 0 Å². The van der Waals surface area contributed by atoms with Crippen molar-refractivity contribution in [3.8, 4) is 5.88 Å². The number of ether oxygens (including phenoxy) is 1. The maximum atomic E-state index is 12.8. The van der Waals surface area contributed by atoms with Crippen LogP contribution >= 0.6 is 11.8 Å². The summed E-state index contributed by atoms with van der Waals surface area (Å²) in [5, 5.41) is 8.33. The molecule has 0 saturated heterocycles. The van der Waals surface area contributed by atoms with E-state index >= 15 is 0 Å². The normalized spacial score (nSPS) is 17.5. The van der Waals surface area contributed by atoms with Crippen LogP contribution in [0.15, 0.2) is 41.3 Å². The van der Waals surface area contributed by atoms with E-state index in [9.17, 15) is 4.79 Å². The van der Waals surface area contributed by atoms with E-state index < -0.39 is 0 Å². The maximum absolute atomic E-state index is 12.8. The van der Waals surface area contributed by atoms with Crippen LogP contribution in [0.4, 0.5) is 5.69 Å². The minimum Gasteiger partial charge on any atom is -0.480 e. The highest BCUT2D eigenvalue weighted by Gasteiger charge is 2.25. The first kappa shape index (κ1) is 14.8. The van der Waals surface area contributed by atoms with E-state index in [-0.39, 0.29) is 5.91 Å². The third-order valence-corrected chi connectivity index (χ3v) is 4.79. The highest BCUT2D eigenvalue weighted by molar-refractivity contribution is 8.00. The standard InChI is InChI=1S/C16H17N3O2S/c1-11-9-10-19(13-5-3-4-6-14(13)22-11)16(20)12-7-8-15(21-2)18-17-12/h3-8,11H,9-10H2,1-2H3. The van der Waals surface area contributed by atoms with Gasteiger partial charge in [-0.25, -0.2) is 0 Å². The van der Waals surface area contributed by atoms with Gasteiger partial charge in [0.2, 0.25) is 5.88 Å². The smallest absolute Gasteiger partial charge is 0.278 e. The molecule has 22 heavy (non-hydrogen) atoms. The fourth-order valence-electron chi connectivity index (χ4n) is 2.38. The first-order valence-electron chi connectivity index (χ1n) is 7.14. The van der Waals surface area contributed by atoms with Gasteiger partial charge in [-0.1, -0.05) is 19.1 Å². The fraction of sp³-hybridized carbons (Fsp3) is 0.312. The summed E-state index contributed by atoms with van der Waals surface area (Å²) in [5.41, 5.74) is 1.27. The fourth-order valence-corrected chi connectivity index (χ4v) is 3.49. The minimum absolute atomic E-state index is 0.127. The quantitative estimate of drug-likeness (QED) is 0.852. The largest absolute Gasteiger partial charge is 0.480 e. The van der Waals surface area contributed by atoms with Crippen molar-refractivity contribution in [1.82, 2.24) is 10.2 Å². The summed E-state index contributed by atoms with van der Waals surface area (Å²) in [5.74, 6) is 0.272. The van der Waals surface area contributed by atoms with Gasteiger partial charge in [-0.15, -0.1) is 22.0 Å². The Hall–Kier alpha value is -2.08. The predicted octanol–water partition coefficient (Wildman–Crippen LogP) is 3.02. The van der Waals surface area contributed by atoms with Gasteiger partial charge < -0.3 is 9.64 Å². The number of fused-ring (bicyclic) bond motifs is 1. The van der Waals surface area contributed by atoms with Gasteiger partial charge in [0.25, 0.3) is 5.91 Å². The summed E-state index contributed by atoms with van der Waals surface area (Å²) in [7, 11) is 1.52. The molecule has 0 bridgehead atoms. The second-order valence-corrected chi connectivity index (χ2v) is 6.58. The summed E-state index contributed by atoms with van der Waals surface area (Å²) in [6.07, 6.45) is 0.939. The lowest BCUT2D eigenvalue weighted by molar-refractivity contribution is 0.0980. The Balaban J connectivity index is 1.94. The molecule has 5 nitrogen and oxygen atoms in total. The van der Waals surface area contributed by atoms with Gasteiger partial charge >= 0.3 is 0 Å². The van der Waals surface area contributed by atoms with Crippen LogP contribution in [0.5, 0.6) is 5.88 Å². The molecule has 2 aromatic rings. The number of thioether (sulfide) groups is 1. The maximum Gasteiger partial charge on any atom is 0.278 e. The van der Waals surface area contributed by atoms with Crippen molar-refractivity contribution in [2.24, 2.45) is 0 Å². The van der Waals surface area contributed by atoms with Crippen molar-refractivity contribution in [3.05, 3.63) is 42.1 Å². The van der Waals surface area contributed by atoms with E-state index in [1.165, 1.54) is 7.11 Å². The number of methoxy groups -OCH3 is 1. The van der Waals surface area contributed by atoms with E-state index in [0.29, 0.717) is 23.4 Å². The first-order chi connectivity index (χ1) is 10.7. The van der Waals surface area contributed by atoms with Crippen molar-refractivity contribution < 1.29 is 9.53 Å². The molecule has 1 aromatic heterocycles. The zero-order valence-corrected chi connectivity index (χ0v) is 13.3. The lowest BCUT2D eigenvalue weighted by atomic mass is 10.2. The van der Waals surface area contributed by atoms with Gasteiger partial charge in [-0.2, -0.15) is 0 Å². The zero-order valence-electron chi connectivity index (χ0n) is 12.5. The molecule has 0 spiro atoms. The molecule has 6 heteroatoms. The van der Waals surface area contributed by atoms with Crippen molar-refractivity contribution in [1.29, 1.82) is 0 Å². The third-order valence-electron chi connectivity index (χ3n) is 3.56. The number of anilines is 1. The second-order valence-electron chi connectivity index (χ2n) is 5.10. The van der Waals surface area contributed by atoms with Crippen molar-refractivity contribution in [2.45, 2.75) is 23.5 Å². The predicted molar refractivity (Wildman–Crippen MR) is 86.6 cm³/mol. The van der Waals surface area contributed by atoms with Crippen LogP contribution in [-0.2, 0) is 0 Å². The molecule has 0 fully saturated rings. The van der Waals surface area contributed by atoms with Gasteiger partial charge in [0.15, 0.2) is 5.69 Å². The molecule has 1 aromatic carbocycles. The molecule has 0 N–H and O–H groups in total. The number of hydrogen-bond acceptors (Lipinski definition) is 5. The van der Waals surface area contributed by atoms with Gasteiger partial charge in [-0.3, -0.25) is 4.79 Å². The van der Waals surface area contributed by atoms with Crippen molar-refractivity contribution >= 4 is 23.4 Å². The molecule has 0 aliphatic carbocycles. The number of para-hydroxylation sites is 1. The number of aromatic nitrogens is 2. The van der Waals surface area contributed by atoms with E-state index in [0.717, 1.165) is 17.0 Å². The van der Waals surface area contributed by atoms with Crippen LogP contribution < -0.4 is 9.64 Å². The first-order valence-corrected chi connectivity index (χ1v) is 8.02. The number of benzene rings is 1. The van der Waals surface area contributed by atoms with Gasteiger partial charge in [0.05, 0.1) is 12.8 Å². The van der Waals surface area contributed by atoms with Crippen LogP contribution in [0.3, 0.4) is 0 Å². The second kappa shape index (κ2) is 6.36. The monoisotopic (exact) mass is 315 g/mol. The Morgan fingerprint density at radius 2 is 2.09 bits per heavy atom. The van der Waals surface area contributed by atoms with E-state index in [4.69, 9.17) is 4.74 Å². The summed E-state index contributed by atoms with van der Waals surface area (Å²) in [6.45, 7) is 2.86. The molecule has 0 saturated carbocycles. The Kier molecular flexibility index (Phi) is 4.29. The Bertz CT molecular complexity index is 675. The highest BCUT2D eigenvalue weighted by atomic mass is 32.2. The Morgan fingerprint density at radius 3 is 2.82 bits per heavy atom. The number of amides is 1. The van der Waals surface area contributed by atoms with Gasteiger partial charge in [0.1, 0.15) is 0 Å². The molecule has 1 amide bonds. The average molecular weight is 315 g/mol. The van der Waals surface area contributed by atoms with Gasteiger partial charge in [-0.05, 0) is 24.6 Å². The summed E-state index contributed by atoms with van der Waals surface area (Å²) in [6, 6.07) is 11.3. The topological polar surface area (TPSA) is 55.3 Å². The number of nitrogens with zero attached hydrogens (tertiary/aromatic N) is 3. The number of carbonyl (C=O) groups is 1. The molecule has 1 atom stereocenters. The van der Waals surface area contributed by atoms with E-state index in [1.54, 1.807) is 28.8 Å². The lowest BCUT2D eigenvalue weighted by Crippen LogP contribution is -2.33. The Labute approximate surface area is 133 Å². The lowest BCUT2D eigenvalue weighted by Gasteiger charge is -2.21. The zero-order chi connectivity index (χ0) is 15.5. The molecular weight excluding hydrogens is 298 g/mol. The average Bonchev–Trinajstić information content (AvgIpc) is 2.72. The summed E-state index contributed by atoms with van der Waals surface area (Å²) in [4.78, 5) is 15.7. The van der Waals surface area contributed by atoms with Crippen LogP contribution in [-0.4, -0.2) is 35.0 Å². The van der Waals surface area contributed by atoms with Crippen molar-refractivity contribution in [2.75, 3.05) is 18.6 Å². The Morgan fingerprint density at radius 1 is 1.27 bits per heavy atom. The van der Waals surface area contributed by atoms with E-state index in [2.05, 4.69) is 23.2 Å². The molecule has 1 aliphatic rings.